The van der Waals surface area contributed by atoms with Crippen LogP contribution in [-0.2, 0) is 10.8 Å². The fourth-order valence-corrected chi connectivity index (χ4v) is 2.22. The van der Waals surface area contributed by atoms with Crippen LogP contribution in [0.2, 0.25) is 0 Å². The highest BCUT2D eigenvalue weighted by Crippen LogP contribution is 2.39. The molecule has 0 aliphatic rings. The van der Waals surface area contributed by atoms with Gasteiger partial charge >= 0.3 is 0 Å². The van der Waals surface area contributed by atoms with Crippen molar-refractivity contribution in [1.82, 2.24) is 0 Å². The molecule has 0 bridgehead atoms. The molecule has 1 rings (SSSR count). The van der Waals surface area contributed by atoms with Crippen LogP contribution in [0, 0.1) is 6.07 Å². The lowest BCUT2D eigenvalue weighted by atomic mass is 9.74. The summed E-state index contributed by atoms with van der Waals surface area (Å²) in [4.78, 5) is 2.16. The molecule has 0 saturated heterocycles. The molecule has 95 valence electrons. The lowest BCUT2D eigenvalue weighted by Crippen LogP contribution is -2.25. The van der Waals surface area contributed by atoms with Gasteiger partial charge < -0.3 is 4.90 Å². The van der Waals surface area contributed by atoms with Gasteiger partial charge in [-0.1, -0.05) is 53.7 Å². The van der Waals surface area contributed by atoms with Gasteiger partial charge in [-0.15, -0.1) is 0 Å². The molecule has 0 heterocycles. The second kappa shape index (κ2) is 4.36. The molecule has 0 aliphatic heterocycles. The predicted molar refractivity (Wildman–Crippen MR) is 77.0 cm³/mol. The number of anilines is 1. The molecule has 0 saturated carbocycles. The molecule has 0 atom stereocenters. The summed E-state index contributed by atoms with van der Waals surface area (Å²) in [6.45, 7) is 13.7. The Bertz CT molecular complexity index is 389. The Morgan fingerprint density at radius 1 is 0.941 bits per heavy atom. The summed E-state index contributed by atoms with van der Waals surface area (Å²) in [5.74, 6) is 0. The quantitative estimate of drug-likeness (QED) is 0.703. The van der Waals surface area contributed by atoms with E-state index in [1.165, 1.54) is 16.8 Å². The van der Waals surface area contributed by atoms with Gasteiger partial charge in [0.25, 0.3) is 0 Å². The van der Waals surface area contributed by atoms with Gasteiger partial charge in [0.05, 0.1) is 0 Å². The van der Waals surface area contributed by atoms with E-state index < -0.39 is 0 Å². The van der Waals surface area contributed by atoms with Crippen molar-refractivity contribution in [3.63, 3.8) is 0 Å². The van der Waals surface area contributed by atoms with Crippen molar-refractivity contribution in [2.75, 3.05) is 19.0 Å². The summed E-state index contributed by atoms with van der Waals surface area (Å²) < 4.78 is 0. The molecule has 0 aromatic heterocycles. The van der Waals surface area contributed by atoms with Gasteiger partial charge in [-0.05, 0) is 22.0 Å². The van der Waals surface area contributed by atoms with Crippen molar-refractivity contribution in [1.29, 1.82) is 0 Å². The molecular formula is C16H26N. The van der Waals surface area contributed by atoms with E-state index in [9.17, 15) is 0 Å². The number of rotatable bonds is 1. The average molecular weight is 232 g/mol. The molecule has 0 amide bonds. The Hall–Kier alpha value is -0.980. The Labute approximate surface area is 107 Å². The van der Waals surface area contributed by atoms with E-state index in [1.54, 1.807) is 0 Å². The zero-order valence-electron chi connectivity index (χ0n) is 12.6. The van der Waals surface area contributed by atoms with Gasteiger partial charge in [-0.25, -0.2) is 0 Å². The highest BCUT2D eigenvalue weighted by Gasteiger charge is 2.28. The Morgan fingerprint density at radius 2 is 1.47 bits per heavy atom. The van der Waals surface area contributed by atoms with Gasteiger partial charge in [-0.3, -0.25) is 0 Å². The maximum Gasteiger partial charge on any atom is 0.0482 e. The third kappa shape index (κ3) is 3.02. The molecule has 0 unspecified atom stereocenters. The first-order valence-corrected chi connectivity index (χ1v) is 6.28. The van der Waals surface area contributed by atoms with Crippen LogP contribution >= 0.6 is 0 Å². The minimum atomic E-state index is 0.139. The van der Waals surface area contributed by atoms with Crippen LogP contribution in [0.3, 0.4) is 0 Å². The molecule has 1 nitrogen and oxygen atoms in total. The summed E-state index contributed by atoms with van der Waals surface area (Å²) in [7, 11) is 4.18. The first-order chi connectivity index (χ1) is 7.55. The summed E-state index contributed by atoms with van der Waals surface area (Å²) in [5, 5.41) is 0. The average Bonchev–Trinajstić information content (AvgIpc) is 2.13. The number of benzene rings is 1. The predicted octanol–water partition coefficient (Wildman–Crippen LogP) is 4.15. The third-order valence-electron chi connectivity index (χ3n) is 2.98. The van der Waals surface area contributed by atoms with Crippen LogP contribution in [0.25, 0.3) is 0 Å². The zero-order valence-corrected chi connectivity index (χ0v) is 12.6. The minimum Gasteiger partial charge on any atom is -0.377 e. The van der Waals surface area contributed by atoms with Gasteiger partial charge in [0.1, 0.15) is 0 Å². The largest absolute Gasteiger partial charge is 0.377 e. The van der Waals surface area contributed by atoms with E-state index in [0.717, 1.165) is 0 Å². The first-order valence-electron chi connectivity index (χ1n) is 6.28. The summed E-state index contributed by atoms with van der Waals surface area (Å²) in [6, 6.07) is 7.64. The maximum atomic E-state index is 3.38. The van der Waals surface area contributed by atoms with E-state index >= 15 is 0 Å². The molecule has 1 aromatic carbocycles. The molecule has 17 heavy (non-hydrogen) atoms. The van der Waals surface area contributed by atoms with Crippen molar-refractivity contribution in [2.24, 2.45) is 0 Å². The molecular weight excluding hydrogens is 206 g/mol. The molecule has 0 N–H and O–H groups in total. The highest BCUT2D eigenvalue weighted by molar-refractivity contribution is 5.59. The molecule has 1 heteroatoms. The number of nitrogens with zero attached hydrogens (tertiary/aromatic N) is 1. The smallest absolute Gasteiger partial charge is 0.0482 e. The molecule has 0 aliphatic carbocycles. The van der Waals surface area contributed by atoms with E-state index in [4.69, 9.17) is 0 Å². The second-order valence-electron chi connectivity index (χ2n) is 7.01. The van der Waals surface area contributed by atoms with Crippen molar-refractivity contribution < 1.29 is 0 Å². The van der Waals surface area contributed by atoms with Crippen LogP contribution in [0.15, 0.2) is 12.1 Å². The first kappa shape index (κ1) is 14.1. The summed E-state index contributed by atoms with van der Waals surface area (Å²) >= 11 is 0. The van der Waals surface area contributed by atoms with Crippen LogP contribution in [-0.4, -0.2) is 14.1 Å². The zero-order chi connectivity index (χ0) is 13.4. The van der Waals surface area contributed by atoms with Crippen LogP contribution in [0.5, 0.6) is 0 Å². The van der Waals surface area contributed by atoms with Gasteiger partial charge in [-0.2, -0.15) is 0 Å². The second-order valence-corrected chi connectivity index (χ2v) is 7.01. The summed E-state index contributed by atoms with van der Waals surface area (Å²) in [5.41, 5.74) is 4.36. The van der Waals surface area contributed by atoms with Gasteiger partial charge in [0.15, 0.2) is 0 Å². The minimum absolute atomic E-state index is 0.139. The number of hydrogen-bond acceptors (Lipinski definition) is 1. The fourth-order valence-electron chi connectivity index (χ4n) is 2.22. The highest BCUT2D eigenvalue weighted by atomic mass is 15.1. The summed E-state index contributed by atoms with van der Waals surface area (Å²) in [6.07, 6.45) is 0. The van der Waals surface area contributed by atoms with Gasteiger partial charge in [0, 0.05) is 25.8 Å². The maximum absolute atomic E-state index is 3.38. The Morgan fingerprint density at radius 3 is 1.82 bits per heavy atom. The fraction of sp³-hybridized carbons (Fsp3) is 0.625. The van der Waals surface area contributed by atoms with Gasteiger partial charge in [0.2, 0.25) is 0 Å². The lowest BCUT2D eigenvalue weighted by molar-refractivity contribution is 0.530. The Kier molecular flexibility index (Phi) is 3.61. The molecule has 1 aromatic rings. The van der Waals surface area contributed by atoms with Crippen molar-refractivity contribution in [3.8, 4) is 0 Å². The normalized spacial score (nSPS) is 12.7. The molecule has 0 spiro atoms. The van der Waals surface area contributed by atoms with Crippen LogP contribution in [0.1, 0.15) is 52.7 Å². The monoisotopic (exact) mass is 232 g/mol. The van der Waals surface area contributed by atoms with E-state index in [1.807, 2.05) is 6.07 Å². The topological polar surface area (TPSA) is 3.24 Å². The van der Waals surface area contributed by atoms with E-state index in [-0.39, 0.29) is 10.8 Å². The van der Waals surface area contributed by atoms with Crippen molar-refractivity contribution in [3.05, 3.63) is 29.3 Å². The Balaban J connectivity index is 3.58. The van der Waals surface area contributed by atoms with E-state index in [2.05, 4.69) is 72.7 Å². The van der Waals surface area contributed by atoms with Crippen LogP contribution in [0.4, 0.5) is 5.69 Å². The molecule has 1 radical (unpaired) electrons. The third-order valence-corrected chi connectivity index (χ3v) is 2.98. The standard InChI is InChI=1S/C16H26N/c1-15(2,3)12-10-9-11-13(17(7)8)14(12)16(4,5)6/h9-10H,1-8H3. The van der Waals surface area contributed by atoms with Crippen molar-refractivity contribution in [2.45, 2.75) is 52.4 Å². The van der Waals surface area contributed by atoms with Crippen molar-refractivity contribution >= 4 is 5.69 Å². The number of hydrogen-bond donors (Lipinski definition) is 0. The SMILES string of the molecule is CN(C)c1[c]ccc(C(C)(C)C)c1C(C)(C)C. The van der Waals surface area contributed by atoms with Crippen LogP contribution < -0.4 is 4.90 Å². The molecule has 0 fully saturated rings. The lowest BCUT2D eigenvalue weighted by Gasteiger charge is -2.34. The van der Waals surface area contributed by atoms with E-state index in [0.29, 0.717) is 0 Å².